The van der Waals surface area contributed by atoms with Gasteiger partial charge in [0.25, 0.3) is 0 Å². The van der Waals surface area contributed by atoms with Crippen molar-refractivity contribution in [2.24, 2.45) is 17.6 Å². The second-order valence-corrected chi connectivity index (χ2v) is 9.02. The fourth-order valence-electron chi connectivity index (χ4n) is 4.48. The number of aromatic amines is 1. The third-order valence-corrected chi connectivity index (χ3v) is 6.68. The van der Waals surface area contributed by atoms with Crippen molar-refractivity contribution in [2.75, 3.05) is 11.9 Å². The van der Waals surface area contributed by atoms with E-state index in [4.69, 9.17) is 22.3 Å². The largest absolute Gasteiger partial charge is 0.346 e. The van der Waals surface area contributed by atoms with Gasteiger partial charge in [-0.1, -0.05) is 42.0 Å². The molecule has 1 fully saturated rings. The lowest BCUT2D eigenvalue weighted by Crippen LogP contribution is -2.36. The smallest absolute Gasteiger partial charge is 0.224 e. The molecular weight excluding hydrogens is 426 g/mol. The van der Waals surface area contributed by atoms with Crippen LogP contribution in [0, 0.1) is 11.8 Å². The SMILES string of the molecule is NCC1CCC(C(=O)NC2CC=CCCC(=O)Nc3ccccc3-c3nc2[nH]c3Cl)CC1. The third kappa shape index (κ3) is 5.22. The van der Waals surface area contributed by atoms with Crippen LogP contribution in [-0.4, -0.2) is 28.3 Å². The molecule has 0 saturated heterocycles. The van der Waals surface area contributed by atoms with E-state index in [0.29, 0.717) is 54.1 Å². The third-order valence-electron chi connectivity index (χ3n) is 6.41. The summed E-state index contributed by atoms with van der Waals surface area (Å²) in [7, 11) is 0. The maximum absolute atomic E-state index is 13.0. The molecule has 4 rings (SSSR count). The van der Waals surface area contributed by atoms with E-state index in [9.17, 15) is 9.59 Å². The summed E-state index contributed by atoms with van der Waals surface area (Å²) in [5.74, 6) is 1.12. The van der Waals surface area contributed by atoms with Crippen LogP contribution in [0.25, 0.3) is 11.3 Å². The number of nitrogens with one attached hydrogen (secondary N) is 3. The Morgan fingerprint density at radius 1 is 1.19 bits per heavy atom. The van der Waals surface area contributed by atoms with E-state index in [1.807, 2.05) is 36.4 Å². The van der Waals surface area contributed by atoms with Gasteiger partial charge in [-0.15, -0.1) is 0 Å². The average Bonchev–Trinajstić information content (AvgIpc) is 3.19. The summed E-state index contributed by atoms with van der Waals surface area (Å²) < 4.78 is 0. The lowest BCUT2D eigenvalue weighted by Gasteiger charge is -2.28. The molecule has 1 unspecified atom stereocenters. The van der Waals surface area contributed by atoms with Gasteiger partial charge in [0.1, 0.15) is 16.7 Å². The van der Waals surface area contributed by atoms with Crippen molar-refractivity contribution < 1.29 is 9.59 Å². The number of rotatable bonds is 3. The highest BCUT2D eigenvalue weighted by atomic mass is 35.5. The highest BCUT2D eigenvalue weighted by Crippen LogP contribution is 2.34. The summed E-state index contributed by atoms with van der Waals surface area (Å²) in [6, 6.07) is 7.13. The molecule has 2 bridgehead atoms. The molecule has 1 aliphatic carbocycles. The van der Waals surface area contributed by atoms with Gasteiger partial charge in [-0.2, -0.15) is 0 Å². The molecule has 2 amide bonds. The quantitative estimate of drug-likeness (QED) is 0.516. The minimum Gasteiger partial charge on any atom is -0.346 e. The second kappa shape index (κ2) is 10.3. The van der Waals surface area contributed by atoms with Gasteiger partial charge in [-0.25, -0.2) is 4.98 Å². The summed E-state index contributed by atoms with van der Waals surface area (Å²) in [6.45, 7) is 0.689. The van der Waals surface area contributed by atoms with Crippen LogP contribution in [0.5, 0.6) is 0 Å². The average molecular weight is 456 g/mol. The van der Waals surface area contributed by atoms with Gasteiger partial charge in [0.05, 0.1) is 11.7 Å². The van der Waals surface area contributed by atoms with E-state index in [0.717, 1.165) is 31.2 Å². The van der Waals surface area contributed by atoms with E-state index in [1.165, 1.54) is 0 Å². The van der Waals surface area contributed by atoms with Crippen molar-refractivity contribution in [3.63, 3.8) is 0 Å². The molecule has 2 heterocycles. The first-order chi connectivity index (χ1) is 15.5. The molecular formula is C24H30ClN5O2. The number of imidazole rings is 1. The highest BCUT2D eigenvalue weighted by molar-refractivity contribution is 6.32. The number of amides is 2. The van der Waals surface area contributed by atoms with Gasteiger partial charge < -0.3 is 21.4 Å². The van der Waals surface area contributed by atoms with E-state index >= 15 is 0 Å². The number of benzene rings is 1. The van der Waals surface area contributed by atoms with Crippen molar-refractivity contribution in [1.29, 1.82) is 0 Å². The molecule has 0 spiro atoms. The van der Waals surface area contributed by atoms with E-state index < -0.39 is 0 Å². The fourth-order valence-corrected chi connectivity index (χ4v) is 4.72. The fraction of sp³-hybridized carbons (Fsp3) is 0.458. The number of H-pyrrole nitrogens is 1. The van der Waals surface area contributed by atoms with Crippen molar-refractivity contribution in [3.05, 3.63) is 47.4 Å². The summed E-state index contributed by atoms with van der Waals surface area (Å²) in [6.07, 6.45) is 9.25. The Bertz CT molecular complexity index is 994. The number of nitrogens with zero attached hydrogens (tertiary/aromatic N) is 1. The lowest BCUT2D eigenvalue weighted by molar-refractivity contribution is -0.127. The van der Waals surface area contributed by atoms with Crippen LogP contribution >= 0.6 is 11.6 Å². The molecule has 32 heavy (non-hydrogen) atoms. The summed E-state index contributed by atoms with van der Waals surface area (Å²) in [5.41, 5.74) is 7.76. The number of hydrogen-bond donors (Lipinski definition) is 4. The van der Waals surface area contributed by atoms with Gasteiger partial charge in [0.15, 0.2) is 0 Å². The normalized spacial score (nSPS) is 23.8. The minimum absolute atomic E-state index is 0.00110. The van der Waals surface area contributed by atoms with E-state index in [2.05, 4.69) is 15.6 Å². The van der Waals surface area contributed by atoms with Crippen molar-refractivity contribution in [1.82, 2.24) is 15.3 Å². The Labute approximate surface area is 193 Å². The number of allylic oxidation sites excluding steroid dienone is 1. The van der Waals surface area contributed by atoms with Gasteiger partial charge in [-0.05, 0) is 57.1 Å². The van der Waals surface area contributed by atoms with Crippen LogP contribution in [0.4, 0.5) is 5.69 Å². The number of para-hydroxylation sites is 1. The minimum atomic E-state index is -0.325. The van der Waals surface area contributed by atoms with Crippen LogP contribution < -0.4 is 16.4 Å². The number of hydrogen-bond acceptors (Lipinski definition) is 4. The summed E-state index contributed by atoms with van der Waals surface area (Å²) in [5, 5.41) is 6.52. The number of halogens is 1. The first kappa shape index (κ1) is 22.6. The second-order valence-electron chi connectivity index (χ2n) is 8.64. The Balaban J connectivity index is 1.60. The lowest BCUT2D eigenvalue weighted by atomic mass is 9.81. The van der Waals surface area contributed by atoms with E-state index in [1.54, 1.807) is 0 Å². The highest BCUT2D eigenvalue weighted by Gasteiger charge is 2.28. The molecule has 1 aromatic carbocycles. The van der Waals surface area contributed by atoms with Gasteiger partial charge in [0, 0.05) is 17.9 Å². The molecule has 2 aromatic rings. The Kier molecular flexibility index (Phi) is 7.27. The molecule has 1 aliphatic heterocycles. The Morgan fingerprint density at radius 2 is 1.97 bits per heavy atom. The monoisotopic (exact) mass is 455 g/mol. The zero-order chi connectivity index (χ0) is 22.5. The molecule has 1 aromatic heterocycles. The molecule has 1 atom stereocenters. The summed E-state index contributed by atoms with van der Waals surface area (Å²) in [4.78, 5) is 33.3. The predicted molar refractivity (Wildman–Crippen MR) is 126 cm³/mol. The first-order valence-corrected chi connectivity index (χ1v) is 11.7. The number of anilines is 1. The van der Waals surface area contributed by atoms with Crippen molar-refractivity contribution >= 4 is 29.1 Å². The maximum Gasteiger partial charge on any atom is 0.224 e. The molecule has 8 heteroatoms. The first-order valence-electron chi connectivity index (χ1n) is 11.3. The topological polar surface area (TPSA) is 113 Å². The summed E-state index contributed by atoms with van der Waals surface area (Å²) >= 11 is 6.52. The molecule has 5 N–H and O–H groups in total. The predicted octanol–water partition coefficient (Wildman–Crippen LogP) is 4.33. The number of aromatic nitrogens is 2. The molecule has 1 saturated carbocycles. The van der Waals surface area contributed by atoms with E-state index in [-0.39, 0.29) is 23.8 Å². The molecule has 0 radical (unpaired) electrons. The number of carbonyl (C=O) groups excluding carboxylic acids is 2. The van der Waals surface area contributed by atoms with Crippen LogP contribution in [-0.2, 0) is 9.59 Å². The number of fused-ring (bicyclic) bond motifs is 4. The Morgan fingerprint density at radius 3 is 2.75 bits per heavy atom. The van der Waals surface area contributed by atoms with Gasteiger partial charge in [-0.3, -0.25) is 9.59 Å². The van der Waals surface area contributed by atoms with Crippen LogP contribution in [0.3, 0.4) is 0 Å². The zero-order valence-corrected chi connectivity index (χ0v) is 18.8. The molecule has 7 nitrogen and oxygen atoms in total. The van der Waals surface area contributed by atoms with Gasteiger partial charge >= 0.3 is 0 Å². The van der Waals surface area contributed by atoms with Crippen molar-refractivity contribution in [2.45, 2.75) is 51.0 Å². The zero-order valence-electron chi connectivity index (χ0n) is 18.1. The number of carbonyl (C=O) groups is 2. The van der Waals surface area contributed by atoms with Crippen LogP contribution in [0.2, 0.25) is 5.15 Å². The molecule has 2 aliphatic rings. The molecule has 170 valence electrons. The van der Waals surface area contributed by atoms with Crippen LogP contribution in [0.15, 0.2) is 36.4 Å². The van der Waals surface area contributed by atoms with Gasteiger partial charge in [0.2, 0.25) is 11.8 Å². The Hall–Kier alpha value is -2.64. The standard InChI is InChI=1S/C24H30ClN5O2/c25-22-21-17-6-4-5-7-18(17)27-20(31)9-3-1-2-8-19(23(29-21)30-22)28-24(32)16-12-10-15(14-26)11-13-16/h1-2,4-7,15-16,19H,3,8-14,26H2,(H,27,31)(H,28,32)(H,29,30). The maximum atomic E-state index is 13.0. The van der Waals surface area contributed by atoms with Crippen molar-refractivity contribution in [3.8, 4) is 11.3 Å². The number of nitrogens with two attached hydrogens (primary N) is 1. The van der Waals surface area contributed by atoms with Crippen LogP contribution in [0.1, 0.15) is 56.8 Å².